The molecule has 0 fully saturated rings. The van der Waals surface area contributed by atoms with Gasteiger partial charge in [0.05, 0.1) is 11.7 Å². The van der Waals surface area contributed by atoms with Gasteiger partial charge in [0.1, 0.15) is 5.82 Å². The van der Waals surface area contributed by atoms with Crippen LogP contribution >= 0.6 is 0 Å². The van der Waals surface area contributed by atoms with Gasteiger partial charge in [0.15, 0.2) is 0 Å². The summed E-state index contributed by atoms with van der Waals surface area (Å²) < 4.78 is 1.88. The van der Waals surface area contributed by atoms with Crippen molar-refractivity contribution in [3.05, 3.63) is 47.2 Å². The van der Waals surface area contributed by atoms with Crippen molar-refractivity contribution in [2.45, 2.75) is 46.1 Å². The van der Waals surface area contributed by atoms with Gasteiger partial charge in [-0.25, -0.2) is 4.68 Å². The van der Waals surface area contributed by atoms with E-state index in [0.29, 0.717) is 5.82 Å². The highest BCUT2D eigenvalue weighted by Crippen LogP contribution is 2.26. The van der Waals surface area contributed by atoms with Crippen LogP contribution in [0.4, 0.5) is 5.82 Å². The number of nitrogen functional groups attached to an aromatic ring is 1. The molecule has 2 aromatic rings. The monoisotopic (exact) mass is 257 g/mol. The van der Waals surface area contributed by atoms with Gasteiger partial charge in [-0.3, -0.25) is 0 Å². The zero-order chi connectivity index (χ0) is 14.2. The third kappa shape index (κ3) is 2.80. The number of nitrogens with two attached hydrogens (primary N) is 1. The molecule has 0 aliphatic rings. The number of rotatable bonds is 2. The predicted octanol–water partition coefficient (Wildman–Crippen LogP) is 3.68. The van der Waals surface area contributed by atoms with E-state index in [2.05, 4.69) is 57.1 Å². The minimum atomic E-state index is 0.155. The second-order valence-corrected chi connectivity index (χ2v) is 6.20. The molecule has 0 radical (unpaired) electrons. The van der Waals surface area contributed by atoms with Crippen LogP contribution in [0, 0.1) is 6.92 Å². The molecule has 0 aliphatic heterocycles. The van der Waals surface area contributed by atoms with E-state index in [0.717, 1.165) is 5.69 Å². The maximum absolute atomic E-state index is 5.98. The molecule has 1 atom stereocenters. The molecule has 0 saturated carbocycles. The van der Waals surface area contributed by atoms with E-state index < -0.39 is 0 Å². The first kappa shape index (κ1) is 13.7. The first-order chi connectivity index (χ1) is 8.79. The average molecular weight is 257 g/mol. The van der Waals surface area contributed by atoms with Crippen molar-refractivity contribution in [1.29, 1.82) is 0 Å². The molecule has 1 aromatic carbocycles. The zero-order valence-corrected chi connectivity index (χ0v) is 12.4. The van der Waals surface area contributed by atoms with E-state index in [4.69, 9.17) is 5.73 Å². The molecular formula is C16H23N3. The third-order valence-corrected chi connectivity index (χ3v) is 3.51. The van der Waals surface area contributed by atoms with E-state index in [1.54, 1.807) is 0 Å². The first-order valence-electron chi connectivity index (χ1n) is 6.71. The number of hydrogen-bond acceptors (Lipinski definition) is 2. The molecule has 1 heterocycles. The van der Waals surface area contributed by atoms with Gasteiger partial charge in [0, 0.05) is 6.07 Å². The maximum Gasteiger partial charge on any atom is 0.122 e. The van der Waals surface area contributed by atoms with Crippen LogP contribution in [0.15, 0.2) is 30.3 Å². The van der Waals surface area contributed by atoms with Crippen molar-refractivity contribution < 1.29 is 0 Å². The maximum atomic E-state index is 5.98. The fraction of sp³-hybridized carbons (Fsp3) is 0.438. The van der Waals surface area contributed by atoms with Crippen molar-refractivity contribution in [2.75, 3.05) is 5.73 Å². The molecule has 1 aromatic heterocycles. The van der Waals surface area contributed by atoms with Crippen LogP contribution in [0.25, 0.3) is 0 Å². The Bertz CT molecular complexity index is 559. The topological polar surface area (TPSA) is 43.8 Å². The number of nitrogens with zero attached hydrogens (tertiary/aromatic N) is 2. The second kappa shape index (κ2) is 4.72. The molecule has 0 aliphatic carbocycles. The minimum Gasteiger partial charge on any atom is -0.384 e. The van der Waals surface area contributed by atoms with Crippen LogP contribution < -0.4 is 5.73 Å². The quantitative estimate of drug-likeness (QED) is 0.892. The van der Waals surface area contributed by atoms with Crippen LogP contribution in [-0.2, 0) is 5.41 Å². The van der Waals surface area contributed by atoms with E-state index in [-0.39, 0.29) is 11.5 Å². The molecule has 3 heteroatoms. The second-order valence-electron chi connectivity index (χ2n) is 6.20. The lowest BCUT2D eigenvalue weighted by Gasteiger charge is -2.20. The van der Waals surface area contributed by atoms with E-state index in [9.17, 15) is 0 Å². The molecule has 2 N–H and O–H groups in total. The Labute approximate surface area is 115 Å². The predicted molar refractivity (Wildman–Crippen MR) is 80.3 cm³/mol. The molecule has 3 nitrogen and oxygen atoms in total. The number of aromatic nitrogens is 2. The number of benzene rings is 1. The highest BCUT2D eigenvalue weighted by molar-refractivity contribution is 5.35. The average Bonchev–Trinajstić information content (AvgIpc) is 2.66. The summed E-state index contributed by atoms with van der Waals surface area (Å²) in [5.74, 6) is 0.713. The Morgan fingerprint density at radius 1 is 1.16 bits per heavy atom. The van der Waals surface area contributed by atoms with Crippen molar-refractivity contribution >= 4 is 5.82 Å². The van der Waals surface area contributed by atoms with Gasteiger partial charge in [-0.2, -0.15) is 5.10 Å². The molecule has 1 unspecified atom stereocenters. The highest BCUT2D eigenvalue weighted by Gasteiger charge is 2.16. The van der Waals surface area contributed by atoms with Gasteiger partial charge in [-0.15, -0.1) is 0 Å². The molecule has 0 spiro atoms. The summed E-state index contributed by atoms with van der Waals surface area (Å²) >= 11 is 0. The summed E-state index contributed by atoms with van der Waals surface area (Å²) in [6.45, 7) is 10.7. The largest absolute Gasteiger partial charge is 0.384 e. The van der Waals surface area contributed by atoms with Gasteiger partial charge in [-0.1, -0.05) is 45.0 Å². The van der Waals surface area contributed by atoms with Gasteiger partial charge >= 0.3 is 0 Å². The van der Waals surface area contributed by atoms with Crippen LogP contribution in [0.5, 0.6) is 0 Å². The normalized spacial score (nSPS) is 13.5. The first-order valence-corrected chi connectivity index (χ1v) is 6.71. The molecule has 2 rings (SSSR count). The number of anilines is 1. The van der Waals surface area contributed by atoms with Crippen molar-refractivity contribution in [2.24, 2.45) is 0 Å². The van der Waals surface area contributed by atoms with Gasteiger partial charge in [0.2, 0.25) is 0 Å². The third-order valence-electron chi connectivity index (χ3n) is 3.51. The van der Waals surface area contributed by atoms with Crippen LogP contribution in [0.3, 0.4) is 0 Å². The Morgan fingerprint density at radius 2 is 1.74 bits per heavy atom. The molecular weight excluding hydrogens is 234 g/mol. The lowest BCUT2D eigenvalue weighted by Crippen LogP contribution is -2.13. The number of aryl methyl sites for hydroxylation is 1. The molecule has 0 saturated heterocycles. The molecule has 102 valence electrons. The summed E-state index contributed by atoms with van der Waals surface area (Å²) in [5.41, 5.74) is 9.68. The SMILES string of the molecule is Cc1cc(N)n(C(C)c2ccc(C(C)(C)C)cc2)n1. The Hall–Kier alpha value is -1.77. The van der Waals surface area contributed by atoms with Crippen LogP contribution in [-0.4, -0.2) is 9.78 Å². The van der Waals surface area contributed by atoms with Crippen molar-refractivity contribution in [1.82, 2.24) is 9.78 Å². The standard InChI is InChI=1S/C16H23N3/c1-11-10-15(17)19(18-11)12(2)13-6-8-14(9-7-13)16(3,4)5/h6-10,12H,17H2,1-5H3. The van der Waals surface area contributed by atoms with Crippen LogP contribution in [0.1, 0.15) is 50.6 Å². The summed E-state index contributed by atoms with van der Waals surface area (Å²) in [6.07, 6.45) is 0. The summed E-state index contributed by atoms with van der Waals surface area (Å²) in [7, 11) is 0. The molecule has 19 heavy (non-hydrogen) atoms. The van der Waals surface area contributed by atoms with E-state index in [1.807, 2.05) is 17.7 Å². The lowest BCUT2D eigenvalue weighted by molar-refractivity contribution is 0.565. The van der Waals surface area contributed by atoms with Crippen LogP contribution in [0.2, 0.25) is 0 Å². The van der Waals surface area contributed by atoms with E-state index in [1.165, 1.54) is 11.1 Å². The molecule has 0 amide bonds. The fourth-order valence-corrected chi connectivity index (χ4v) is 2.25. The molecule has 0 bridgehead atoms. The van der Waals surface area contributed by atoms with Crippen molar-refractivity contribution in [3.63, 3.8) is 0 Å². The fourth-order valence-electron chi connectivity index (χ4n) is 2.25. The Morgan fingerprint density at radius 3 is 2.16 bits per heavy atom. The highest BCUT2D eigenvalue weighted by atomic mass is 15.3. The summed E-state index contributed by atoms with van der Waals surface area (Å²) in [6, 6.07) is 10.8. The zero-order valence-electron chi connectivity index (χ0n) is 12.4. The Kier molecular flexibility index (Phi) is 3.40. The number of hydrogen-bond donors (Lipinski definition) is 1. The van der Waals surface area contributed by atoms with E-state index >= 15 is 0 Å². The lowest BCUT2D eigenvalue weighted by atomic mass is 9.86. The summed E-state index contributed by atoms with van der Waals surface area (Å²) in [5, 5.41) is 4.45. The Balaban J connectivity index is 2.30. The smallest absolute Gasteiger partial charge is 0.122 e. The van der Waals surface area contributed by atoms with Gasteiger partial charge in [0.25, 0.3) is 0 Å². The summed E-state index contributed by atoms with van der Waals surface area (Å²) in [4.78, 5) is 0. The van der Waals surface area contributed by atoms with Gasteiger partial charge < -0.3 is 5.73 Å². The minimum absolute atomic E-state index is 0.155. The van der Waals surface area contributed by atoms with Gasteiger partial charge in [-0.05, 0) is 30.4 Å². The van der Waals surface area contributed by atoms with Crippen molar-refractivity contribution in [3.8, 4) is 0 Å².